The molecule has 0 aliphatic rings. The van der Waals surface area contributed by atoms with Crippen molar-refractivity contribution in [2.24, 2.45) is 5.92 Å². The van der Waals surface area contributed by atoms with E-state index in [2.05, 4.69) is 26.3 Å². The Morgan fingerprint density at radius 3 is 2.59 bits per heavy atom. The number of aliphatic carboxylic acids is 1. The van der Waals surface area contributed by atoms with E-state index >= 15 is 0 Å². The average Bonchev–Trinajstić information content (AvgIpc) is 2.87. The minimum atomic E-state index is -0.942. The molecule has 2 rings (SSSR count). The number of rotatable bonds is 5. The van der Waals surface area contributed by atoms with Gasteiger partial charge in [-0.15, -0.1) is 0 Å². The maximum Gasteiger partial charge on any atom is 0.308 e. The molecule has 0 radical (unpaired) electrons. The standard InChI is InChI=1S/C15H16BrN3O3/c1-9(15(21)22)7-17-14(20)13-8-18-19(10(13)2)12-5-3-11(16)4-6-12/h3-6,8-9H,7H2,1-2H3,(H,17,20)(H,21,22). The van der Waals surface area contributed by atoms with Crippen LogP contribution in [0.25, 0.3) is 5.69 Å². The normalized spacial score (nSPS) is 12.0. The zero-order chi connectivity index (χ0) is 16.3. The Labute approximate surface area is 136 Å². The van der Waals surface area contributed by atoms with Gasteiger partial charge in [-0.05, 0) is 31.2 Å². The number of halogens is 1. The van der Waals surface area contributed by atoms with Crippen molar-refractivity contribution in [3.05, 3.63) is 46.2 Å². The molecule has 116 valence electrons. The molecule has 1 aromatic carbocycles. The molecular formula is C15H16BrN3O3. The van der Waals surface area contributed by atoms with Crippen LogP contribution in [-0.2, 0) is 4.79 Å². The Balaban J connectivity index is 2.15. The highest BCUT2D eigenvalue weighted by Crippen LogP contribution is 2.17. The van der Waals surface area contributed by atoms with Gasteiger partial charge in [-0.1, -0.05) is 22.9 Å². The zero-order valence-corrected chi connectivity index (χ0v) is 13.8. The Hall–Kier alpha value is -2.15. The number of carboxylic acid groups (broad SMARTS) is 1. The fourth-order valence-corrected chi connectivity index (χ4v) is 2.17. The van der Waals surface area contributed by atoms with Crippen molar-refractivity contribution in [1.82, 2.24) is 15.1 Å². The molecule has 0 spiro atoms. The van der Waals surface area contributed by atoms with Gasteiger partial charge < -0.3 is 10.4 Å². The summed E-state index contributed by atoms with van der Waals surface area (Å²) in [6, 6.07) is 7.56. The number of carboxylic acids is 1. The van der Waals surface area contributed by atoms with Crippen LogP contribution in [0.5, 0.6) is 0 Å². The summed E-state index contributed by atoms with van der Waals surface area (Å²) in [6.45, 7) is 3.42. The van der Waals surface area contributed by atoms with E-state index < -0.39 is 11.9 Å². The van der Waals surface area contributed by atoms with E-state index in [0.717, 1.165) is 10.2 Å². The summed E-state index contributed by atoms with van der Waals surface area (Å²) < 4.78 is 2.63. The molecule has 0 bridgehead atoms. The van der Waals surface area contributed by atoms with Gasteiger partial charge in [0.2, 0.25) is 0 Å². The molecule has 22 heavy (non-hydrogen) atoms. The predicted molar refractivity (Wildman–Crippen MR) is 85.1 cm³/mol. The van der Waals surface area contributed by atoms with Crippen LogP contribution in [0.1, 0.15) is 23.0 Å². The molecule has 0 saturated carbocycles. The zero-order valence-electron chi connectivity index (χ0n) is 12.2. The third-order valence-electron chi connectivity index (χ3n) is 3.32. The van der Waals surface area contributed by atoms with Gasteiger partial charge in [0, 0.05) is 11.0 Å². The molecule has 7 heteroatoms. The minimum absolute atomic E-state index is 0.0804. The van der Waals surface area contributed by atoms with Crippen molar-refractivity contribution in [2.75, 3.05) is 6.54 Å². The molecule has 0 fully saturated rings. The average molecular weight is 366 g/mol. The highest BCUT2D eigenvalue weighted by molar-refractivity contribution is 9.10. The molecule has 0 aliphatic carbocycles. The monoisotopic (exact) mass is 365 g/mol. The van der Waals surface area contributed by atoms with E-state index in [1.807, 2.05) is 24.3 Å². The van der Waals surface area contributed by atoms with E-state index in [4.69, 9.17) is 5.11 Å². The molecule has 2 aromatic rings. The summed E-state index contributed by atoms with van der Waals surface area (Å²) in [7, 11) is 0. The van der Waals surface area contributed by atoms with Crippen LogP contribution >= 0.6 is 15.9 Å². The van der Waals surface area contributed by atoms with Gasteiger partial charge >= 0.3 is 5.97 Å². The summed E-state index contributed by atoms with van der Waals surface area (Å²) in [6.07, 6.45) is 1.48. The second-order valence-corrected chi connectivity index (χ2v) is 5.90. The largest absolute Gasteiger partial charge is 0.481 e. The third-order valence-corrected chi connectivity index (χ3v) is 3.84. The number of hydrogen-bond acceptors (Lipinski definition) is 3. The van der Waals surface area contributed by atoms with Gasteiger partial charge in [-0.2, -0.15) is 5.10 Å². The first-order valence-electron chi connectivity index (χ1n) is 6.71. The predicted octanol–water partition coefficient (Wildman–Crippen LogP) is 2.39. The number of benzene rings is 1. The Bertz CT molecular complexity index is 695. The van der Waals surface area contributed by atoms with Crippen LogP contribution < -0.4 is 5.32 Å². The number of nitrogens with zero attached hydrogens (tertiary/aromatic N) is 2. The van der Waals surface area contributed by atoms with Gasteiger partial charge in [0.05, 0.1) is 29.1 Å². The number of hydrogen-bond donors (Lipinski definition) is 2. The van der Waals surface area contributed by atoms with E-state index in [1.165, 1.54) is 6.20 Å². The highest BCUT2D eigenvalue weighted by Gasteiger charge is 2.17. The molecule has 1 unspecified atom stereocenters. The quantitative estimate of drug-likeness (QED) is 0.851. The maximum atomic E-state index is 12.1. The highest BCUT2D eigenvalue weighted by atomic mass is 79.9. The van der Waals surface area contributed by atoms with Crippen molar-refractivity contribution >= 4 is 27.8 Å². The van der Waals surface area contributed by atoms with E-state index in [0.29, 0.717) is 11.3 Å². The lowest BCUT2D eigenvalue weighted by Crippen LogP contribution is -2.31. The lowest BCUT2D eigenvalue weighted by molar-refractivity contribution is -0.140. The lowest BCUT2D eigenvalue weighted by atomic mass is 10.1. The summed E-state index contributed by atoms with van der Waals surface area (Å²) in [5, 5.41) is 15.7. The number of carbonyl (C=O) groups excluding carboxylic acids is 1. The number of carbonyl (C=O) groups is 2. The fourth-order valence-electron chi connectivity index (χ4n) is 1.90. The Kier molecular flexibility index (Phi) is 4.97. The molecule has 1 aromatic heterocycles. The molecule has 2 N–H and O–H groups in total. The smallest absolute Gasteiger partial charge is 0.308 e. The second kappa shape index (κ2) is 6.74. The minimum Gasteiger partial charge on any atom is -0.481 e. The van der Waals surface area contributed by atoms with Crippen LogP contribution in [0.4, 0.5) is 0 Å². The number of aromatic nitrogens is 2. The van der Waals surface area contributed by atoms with E-state index in [1.54, 1.807) is 18.5 Å². The first-order valence-corrected chi connectivity index (χ1v) is 7.51. The number of nitrogens with one attached hydrogen (secondary N) is 1. The third kappa shape index (κ3) is 3.54. The SMILES string of the molecule is Cc1c(C(=O)NCC(C)C(=O)O)cnn1-c1ccc(Br)cc1. The van der Waals surface area contributed by atoms with E-state index in [9.17, 15) is 9.59 Å². The van der Waals surface area contributed by atoms with Gasteiger partial charge in [0.15, 0.2) is 0 Å². The topological polar surface area (TPSA) is 84.2 Å². The van der Waals surface area contributed by atoms with Gasteiger partial charge in [0.1, 0.15) is 0 Å². The van der Waals surface area contributed by atoms with Crippen molar-refractivity contribution in [3.63, 3.8) is 0 Å². The molecular weight excluding hydrogens is 350 g/mol. The lowest BCUT2D eigenvalue weighted by Gasteiger charge is -2.09. The maximum absolute atomic E-state index is 12.1. The summed E-state index contributed by atoms with van der Waals surface area (Å²) in [4.78, 5) is 22.9. The van der Waals surface area contributed by atoms with Crippen LogP contribution in [0, 0.1) is 12.8 Å². The van der Waals surface area contributed by atoms with Crippen LogP contribution in [0.15, 0.2) is 34.9 Å². The van der Waals surface area contributed by atoms with Crippen molar-refractivity contribution < 1.29 is 14.7 Å². The van der Waals surface area contributed by atoms with Crippen molar-refractivity contribution in [3.8, 4) is 5.69 Å². The second-order valence-electron chi connectivity index (χ2n) is 4.98. The first-order chi connectivity index (χ1) is 10.4. The Morgan fingerprint density at radius 2 is 2.00 bits per heavy atom. The van der Waals surface area contributed by atoms with Crippen molar-refractivity contribution in [2.45, 2.75) is 13.8 Å². The van der Waals surface area contributed by atoms with Crippen LogP contribution in [0.2, 0.25) is 0 Å². The van der Waals surface area contributed by atoms with Crippen molar-refractivity contribution in [1.29, 1.82) is 0 Å². The molecule has 1 heterocycles. The first kappa shape index (κ1) is 16.2. The summed E-state index contributed by atoms with van der Waals surface area (Å²) >= 11 is 3.37. The Morgan fingerprint density at radius 1 is 1.36 bits per heavy atom. The molecule has 0 aliphatic heterocycles. The van der Waals surface area contributed by atoms with Gasteiger partial charge in [0.25, 0.3) is 5.91 Å². The van der Waals surface area contributed by atoms with Crippen LogP contribution in [0.3, 0.4) is 0 Å². The molecule has 0 saturated heterocycles. The molecule has 1 atom stereocenters. The molecule has 1 amide bonds. The summed E-state index contributed by atoms with van der Waals surface area (Å²) in [5.74, 6) is -1.90. The number of amides is 1. The molecule has 6 nitrogen and oxygen atoms in total. The fraction of sp³-hybridized carbons (Fsp3) is 0.267. The van der Waals surface area contributed by atoms with E-state index in [-0.39, 0.29) is 12.5 Å². The summed E-state index contributed by atoms with van der Waals surface area (Å²) in [5.41, 5.74) is 1.97. The van der Waals surface area contributed by atoms with Crippen LogP contribution in [-0.4, -0.2) is 33.3 Å². The van der Waals surface area contributed by atoms with Gasteiger partial charge in [-0.3, -0.25) is 9.59 Å². The van der Waals surface area contributed by atoms with Gasteiger partial charge in [-0.25, -0.2) is 4.68 Å².